The van der Waals surface area contributed by atoms with Crippen LogP contribution in [0.15, 0.2) is 47.4 Å². The van der Waals surface area contributed by atoms with Gasteiger partial charge in [0.25, 0.3) is 5.56 Å². The number of nitrogens with zero attached hydrogens (tertiary/aromatic N) is 2. The van der Waals surface area contributed by atoms with Crippen LogP contribution < -0.4 is 5.56 Å². The number of hydrogen-bond donors (Lipinski definition) is 0. The maximum atomic E-state index is 13.0. The van der Waals surface area contributed by atoms with E-state index in [0.29, 0.717) is 6.04 Å². The number of likely N-dealkylation sites (tertiary alicyclic amines) is 1. The average Bonchev–Trinajstić information content (AvgIpc) is 2.92. The molecule has 2 aromatic rings. The van der Waals surface area contributed by atoms with Gasteiger partial charge < -0.3 is 4.57 Å². The Bertz CT molecular complexity index is 693. The minimum Gasteiger partial charge on any atom is -0.319 e. The van der Waals surface area contributed by atoms with Crippen molar-refractivity contribution in [2.24, 2.45) is 7.05 Å². The van der Waals surface area contributed by atoms with Crippen molar-refractivity contribution in [2.45, 2.75) is 31.8 Å². The van der Waals surface area contributed by atoms with Crippen LogP contribution in [0.25, 0.3) is 0 Å². The zero-order valence-corrected chi connectivity index (χ0v) is 12.8. The lowest BCUT2D eigenvalue weighted by atomic mass is 10.0. The Morgan fingerprint density at radius 1 is 1.18 bits per heavy atom. The Kier molecular flexibility index (Phi) is 4.39. The molecule has 22 heavy (non-hydrogen) atoms. The Morgan fingerprint density at radius 2 is 1.95 bits per heavy atom. The van der Waals surface area contributed by atoms with Crippen molar-refractivity contribution >= 4 is 0 Å². The van der Waals surface area contributed by atoms with Crippen LogP contribution in [-0.4, -0.2) is 22.1 Å². The third kappa shape index (κ3) is 3.45. The highest BCUT2D eigenvalue weighted by atomic mass is 19.1. The van der Waals surface area contributed by atoms with Crippen molar-refractivity contribution in [1.82, 2.24) is 9.47 Å². The predicted molar refractivity (Wildman–Crippen MR) is 85.2 cm³/mol. The van der Waals surface area contributed by atoms with E-state index in [9.17, 15) is 9.18 Å². The molecule has 0 bridgehead atoms. The number of hydrogen-bond acceptors (Lipinski definition) is 2. The molecule has 0 saturated carbocycles. The highest BCUT2D eigenvalue weighted by Crippen LogP contribution is 2.23. The van der Waals surface area contributed by atoms with E-state index >= 15 is 0 Å². The molecule has 2 heterocycles. The number of aromatic nitrogens is 1. The molecule has 1 fully saturated rings. The van der Waals surface area contributed by atoms with Gasteiger partial charge in [0.1, 0.15) is 5.82 Å². The fraction of sp³-hybridized carbons (Fsp3) is 0.389. The predicted octanol–water partition coefficient (Wildman–Crippen LogP) is 2.73. The zero-order chi connectivity index (χ0) is 15.5. The van der Waals surface area contributed by atoms with Crippen LogP contribution in [0.1, 0.15) is 24.0 Å². The molecule has 0 spiro atoms. The van der Waals surface area contributed by atoms with Gasteiger partial charge in [0.2, 0.25) is 0 Å². The summed E-state index contributed by atoms with van der Waals surface area (Å²) >= 11 is 0. The summed E-state index contributed by atoms with van der Waals surface area (Å²) in [7, 11) is 1.76. The Hall–Kier alpha value is -1.94. The number of halogens is 1. The normalized spacial score (nSPS) is 18.7. The molecule has 0 N–H and O–H groups in total. The molecule has 1 aromatic heterocycles. The maximum absolute atomic E-state index is 13.0. The summed E-state index contributed by atoms with van der Waals surface area (Å²) < 4.78 is 14.6. The topological polar surface area (TPSA) is 25.2 Å². The molecule has 1 aromatic carbocycles. The summed E-state index contributed by atoms with van der Waals surface area (Å²) in [5.74, 6) is -0.188. The molecular weight excluding hydrogens is 279 g/mol. The summed E-state index contributed by atoms with van der Waals surface area (Å²) in [5.41, 5.74) is 2.27. The Labute approximate surface area is 130 Å². The Morgan fingerprint density at radius 3 is 2.68 bits per heavy atom. The monoisotopic (exact) mass is 300 g/mol. The van der Waals surface area contributed by atoms with Crippen LogP contribution >= 0.6 is 0 Å². The molecule has 1 saturated heterocycles. The highest BCUT2D eigenvalue weighted by molar-refractivity contribution is 5.18. The van der Waals surface area contributed by atoms with E-state index < -0.39 is 0 Å². The molecule has 1 atom stereocenters. The van der Waals surface area contributed by atoms with Crippen LogP contribution in [0.3, 0.4) is 0 Å². The molecule has 0 aliphatic carbocycles. The molecule has 0 radical (unpaired) electrons. The van der Waals surface area contributed by atoms with Crippen molar-refractivity contribution in [3.63, 3.8) is 0 Å². The molecule has 0 unspecified atom stereocenters. The minimum absolute atomic E-state index is 0.0341. The fourth-order valence-electron chi connectivity index (χ4n) is 3.15. The fourth-order valence-corrected chi connectivity index (χ4v) is 3.15. The minimum atomic E-state index is -0.188. The third-order valence-corrected chi connectivity index (χ3v) is 4.44. The largest absolute Gasteiger partial charge is 0.319 e. The van der Waals surface area contributed by atoms with Gasteiger partial charge in [-0.05, 0) is 55.1 Å². The van der Waals surface area contributed by atoms with Gasteiger partial charge in [-0.15, -0.1) is 0 Å². The quantitative estimate of drug-likeness (QED) is 0.867. The van der Waals surface area contributed by atoms with Gasteiger partial charge in [-0.3, -0.25) is 9.69 Å². The molecule has 0 amide bonds. The van der Waals surface area contributed by atoms with Crippen molar-refractivity contribution in [2.75, 3.05) is 6.54 Å². The van der Waals surface area contributed by atoms with Crippen LogP contribution in [-0.2, 0) is 20.0 Å². The van der Waals surface area contributed by atoms with E-state index in [1.807, 2.05) is 24.4 Å². The van der Waals surface area contributed by atoms with Crippen LogP contribution in [0, 0.1) is 5.82 Å². The van der Waals surface area contributed by atoms with Crippen molar-refractivity contribution in [1.29, 1.82) is 0 Å². The molecule has 1 aliphatic heterocycles. The number of rotatable bonds is 4. The molecule has 116 valence electrons. The summed E-state index contributed by atoms with van der Waals surface area (Å²) in [6, 6.07) is 11.0. The standard InChI is InChI=1S/C18H21FN2O/c1-20-10-8-15(12-18(20)22)13-21-9-2-3-17(21)11-14-4-6-16(19)7-5-14/h4-8,10,12,17H,2-3,9,11,13H2,1H3/t17-/m1/s1. The number of aryl methyl sites for hydroxylation is 1. The van der Waals surface area contributed by atoms with Gasteiger partial charge in [-0.2, -0.15) is 0 Å². The summed E-state index contributed by atoms with van der Waals surface area (Å²) in [4.78, 5) is 14.2. The third-order valence-electron chi connectivity index (χ3n) is 4.44. The van der Waals surface area contributed by atoms with Gasteiger partial charge in [-0.25, -0.2) is 4.39 Å². The van der Waals surface area contributed by atoms with Gasteiger partial charge in [0.15, 0.2) is 0 Å². The maximum Gasteiger partial charge on any atom is 0.250 e. The second kappa shape index (κ2) is 6.44. The second-order valence-corrected chi connectivity index (χ2v) is 6.08. The van der Waals surface area contributed by atoms with Gasteiger partial charge in [0.05, 0.1) is 0 Å². The van der Waals surface area contributed by atoms with E-state index in [1.165, 1.54) is 24.1 Å². The molecule has 3 nitrogen and oxygen atoms in total. The first-order valence-electron chi connectivity index (χ1n) is 7.76. The van der Waals surface area contributed by atoms with Crippen molar-refractivity contribution in [3.05, 3.63) is 69.9 Å². The average molecular weight is 300 g/mol. The van der Waals surface area contributed by atoms with E-state index in [-0.39, 0.29) is 11.4 Å². The van der Waals surface area contributed by atoms with Crippen LogP contribution in [0.2, 0.25) is 0 Å². The highest BCUT2D eigenvalue weighted by Gasteiger charge is 2.24. The van der Waals surface area contributed by atoms with Gasteiger partial charge in [0, 0.05) is 31.9 Å². The van der Waals surface area contributed by atoms with Crippen LogP contribution in [0.4, 0.5) is 4.39 Å². The Balaban J connectivity index is 1.68. The lowest BCUT2D eigenvalue weighted by Crippen LogP contribution is -2.31. The van der Waals surface area contributed by atoms with Gasteiger partial charge >= 0.3 is 0 Å². The van der Waals surface area contributed by atoms with Crippen LogP contribution in [0.5, 0.6) is 0 Å². The molecule has 4 heteroatoms. The smallest absolute Gasteiger partial charge is 0.250 e. The zero-order valence-electron chi connectivity index (χ0n) is 12.8. The first kappa shape index (κ1) is 15.0. The second-order valence-electron chi connectivity index (χ2n) is 6.08. The lowest BCUT2D eigenvalue weighted by molar-refractivity contribution is 0.243. The first-order valence-corrected chi connectivity index (χ1v) is 7.76. The van der Waals surface area contributed by atoms with E-state index in [1.54, 1.807) is 17.7 Å². The summed E-state index contributed by atoms with van der Waals surface area (Å²) in [6.07, 6.45) is 5.09. The number of pyridine rings is 1. The van der Waals surface area contributed by atoms with Crippen molar-refractivity contribution in [3.8, 4) is 0 Å². The van der Waals surface area contributed by atoms with Crippen molar-refractivity contribution < 1.29 is 4.39 Å². The molecular formula is C18H21FN2O. The molecule has 1 aliphatic rings. The first-order chi connectivity index (χ1) is 10.6. The SMILES string of the molecule is Cn1ccc(CN2CCC[C@@H]2Cc2ccc(F)cc2)cc1=O. The summed E-state index contributed by atoms with van der Waals surface area (Å²) in [6.45, 7) is 1.86. The molecule has 3 rings (SSSR count). The summed E-state index contributed by atoms with van der Waals surface area (Å²) in [5, 5.41) is 0. The van der Waals surface area contributed by atoms with E-state index in [0.717, 1.165) is 31.5 Å². The number of benzene rings is 1. The van der Waals surface area contributed by atoms with Gasteiger partial charge in [-0.1, -0.05) is 12.1 Å². The lowest BCUT2D eigenvalue weighted by Gasteiger charge is -2.24. The van der Waals surface area contributed by atoms with E-state index in [4.69, 9.17) is 0 Å². The van der Waals surface area contributed by atoms with E-state index in [2.05, 4.69) is 4.90 Å².